The molecule has 5 heteroatoms. The quantitative estimate of drug-likeness (QED) is 0.789. The van der Waals surface area contributed by atoms with Crippen LogP contribution in [0.15, 0.2) is 47.8 Å². The van der Waals surface area contributed by atoms with Crippen molar-refractivity contribution in [1.82, 2.24) is 5.32 Å². The Balaban J connectivity index is 1.84. The third kappa shape index (κ3) is 4.93. The molecule has 0 saturated heterocycles. The van der Waals surface area contributed by atoms with E-state index < -0.39 is 12.1 Å². The highest BCUT2D eigenvalue weighted by molar-refractivity contribution is 7.11. The first-order valence-electron chi connectivity index (χ1n) is 7.69. The van der Waals surface area contributed by atoms with Gasteiger partial charge in [-0.15, -0.1) is 11.3 Å². The van der Waals surface area contributed by atoms with E-state index in [1.807, 2.05) is 18.2 Å². The predicted molar refractivity (Wildman–Crippen MR) is 91.7 cm³/mol. The molecule has 0 bridgehead atoms. The van der Waals surface area contributed by atoms with Crippen molar-refractivity contribution >= 4 is 23.2 Å². The first-order chi connectivity index (χ1) is 11.1. The Bertz CT molecular complexity index is 625. The van der Waals surface area contributed by atoms with Crippen LogP contribution >= 0.6 is 11.3 Å². The van der Waals surface area contributed by atoms with Gasteiger partial charge >= 0.3 is 5.97 Å². The molecule has 1 aromatic heterocycles. The van der Waals surface area contributed by atoms with E-state index in [0.717, 1.165) is 6.42 Å². The molecule has 0 aliphatic rings. The van der Waals surface area contributed by atoms with Crippen LogP contribution in [0.25, 0.3) is 0 Å². The molecule has 23 heavy (non-hydrogen) atoms. The van der Waals surface area contributed by atoms with Crippen molar-refractivity contribution in [3.05, 3.63) is 58.3 Å². The maximum Gasteiger partial charge on any atom is 0.349 e. The molecule has 0 aliphatic heterocycles. The third-order valence-corrected chi connectivity index (χ3v) is 4.51. The number of hydrogen-bond donors (Lipinski definition) is 1. The van der Waals surface area contributed by atoms with Gasteiger partial charge in [0.25, 0.3) is 5.91 Å². The highest BCUT2D eigenvalue weighted by Crippen LogP contribution is 2.18. The summed E-state index contributed by atoms with van der Waals surface area (Å²) in [6.45, 7) is 4.20. The largest absolute Gasteiger partial charge is 0.448 e. The van der Waals surface area contributed by atoms with E-state index in [9.17, 15) is 9.59 Å². The lowest BCUT2D eigenvalue weighted by atomic mass is 9.96. The van der Waals surface area contributed by atoms with Gasteiger partial charge in [-0.1, -0.05) is 43.3 Å². The molecule has 0 aliphatic carbocycles. The smallest absolute Gasteiger partial charge is 0.349 e. The Morgan fingerprint density at radius 1 is 1.17 bits per heavy atom. The molecule has 0 saturated carbocycles. The molecule has 4 nitrogen and oxygen atoms in total. The van der Waals surface area contributed by atoms with Crippen molar-refractivity contribution in [1.29, 1.82) is 0 Å². The second kappa shape index (κ2) is 8.48. The second-order valence-electron chi connectivity index (χ2n) is 5.29. The lowest BCUT2D eigenvalue weighted by Crippen LogP contribution is -2.37. The van der Waals surface area contributed by atoms with Gasteiger partial charge in [-0.25, -0.2) is 4.79 Å². The van der Waals surface area contributed by atoms with Crippen molar-refractivity contribution in [3.63, 3.8) is 0 Å². The minimum absolute atomic E-state index is 0.250. The van der Waals surface area contributed by atoms with Crippen molar-refractivity contribution in [2.24, 2.45) is 0 Å². The number of esters is 1. The fraction of sp³-hybridized carbons (Fsp3) is 0.333. The molecule has 0 unspecified atom stereocenters. The summed E-state index contributed by atoms with van der Waals surface area (Å²) in [5.41, 5.74) is 1.19. The van der Waals surface area contributed by atoms with E-state index >= 15 is 0 Å². The summed E-state index contributed by atoms with van der Waals surface area (Å²) in [5.74, 6) is -0.484. The van der Waals surface area contributed by atoms with Gasteiger partial charge in [0, 0.05) is 12.5 Å². The van der Waals surface area contributed by atoms with Crippen LogP contribution in [-0.4, -0.2) is 24.5 Å². The van der Waals surface area contributed by atoms with E-state index in [1.54, 1.807) is 24.4 Å². The predicted octanol–water partition coefficient (Wildman–Crippen LogP) is 3.60. The molecule has 2 atom stereocenters. The van der Waals surface area contributed by atoms with Crippen LogP contribution in [0, 0.1) is 0 Å². The Hall–Kier alpha value is -2.14. The van der Waals surface area contributed by atoms with Crippen LogP contribution in [-0.2, 0) is 9.53 Å². The summed E-state index contributed by atoms with van der Waals surface area (Å²) in [6.07, 6.45) is 0.117. The van der Waals surface area contributed by atoms with Crippen molar-refractivity contribution in [3.8, 4) is 0 Å². The van der Waals surface area contributed by atoms with Crippen LogP contribution in [0.5, 0.6) is 0 Å². The third-order valence-electron chi connectivity index (χ3n) is 3.66. The first-order valence-corrected chi connectivity index (χ1v) is 8.57. The molecule has 1 heterocycles. The molecular weight excluding hydrogens is 310 g/mol. The standard InChI is InChI=1S/C18H21NO3S/c1-3-14(15-8-5-4-6-9-15)12-19-17(20)13(2)22-18(21)16-10-7-11-23-16/h4-11,13-14H,3,12H2,1-2H3,(H,19,20)/t13-,14-/m1/s1. The Morgan fingerprint density at radius 3 is 2.52 bits per heavy atom. The summed E-state index contributed by atoms with van der Waals surface area (Å²) in [5, 5.41) is 4.67. The number of hydrogen-bond acceptors (Lipinski definition) is 4. The summed E-state index contributed by atoms with van der Waals surface area (Å²) in [4.78, 5) is 24.5. The Labute approximate surface area is 140 Å². The van der Waals surface area contributed by atoms with Gasteiger partial charge in [0.15, 0.2) is 6.10 Å². The number of rotatable bonds is 7. The molecule has 0 fully saturated rings. The monoisotopic (exact) mass is 331 g/mol. The molecule has 1 aromatic carbocycles. The average Bonchev–Trinajstić information content (AvgIpc) is 3.10. The fourth-order valence-electron chi connectivity index (χ4n) is 2.26. The molecule has 2 rings (SSSR count). The number of amides is 1. The molecular formula is C18H21NO3S. The maximum atomic E-state index is 12.1. The zero-order valence-corrected chi connectivity index (χ0v) is 14.1. The topological polar surface area (TPSA) is 55.4 Å². The van der Waals surface area contributed by atoms with Crippen molar-refractivity contribution < 1.29 is 14.3 Å². The molecule has 2 aromatic rings. The molecule has 1 N–H and O–H groups in total. The van der Waals surface area contributed by atoms with Gasteiger partial charge in [-0.2, -0.15) is 0 Å². The van der Waals surface area contributed by atoms with E-state index in [0.29, 0.717) is 11.4 Å². The van der Waals surface area contributed by atoms with Crippen molar-refractivity contribution in [2.45, 2.75) is 32.3 Å². The van der Waals surface area contributed by atoms with Gasteiger partial charge in [0.2, 0.25) is 0 Å². The Morgan fingerprint density at radius 2 is 1.91 bits per heavy atom. The lowest BCUT2D eigenvalue weighted by molar-refractivity contribution is -0.129. The van der Waals surface area contributed by atoms with E-state index in [4.69, 9.17) is 4.74 Å². The highest BCUT2D eigenvalue weighted by Gasteiger charge is 2.20. The number of carbonyl (C=O) groups is 2. The number of benzene rings is 1. The van der Waals surface area contributed by atoms with Crippen LogP contribution in [0.1, 0.15) is 41.4 Å². The fourth-order valence-corrected chi connectivity index (χ4v) is 2.86. The second-order valence-corrected chi connectivity index (χ2v) is 6.23. The van der Waals surface area contributed by atoms with Gasteiger partial charge < -0.3 is 10.1 Å². The van der Waals surface area contributed by atoms with Gasteiger partial charge in [-0.05, 0) is 30.4 Å². The van der Waals surface area contributed by atoms with Gasteiger partial charge in [0.1, 0.15) is 4.88 Å². The first kappa shape index (κ1) is 17.2. The van der Waals surface area contributed by atoms with E-state index in [-0.39, 0.29) is 11.8 Å². The van der Waals surface area contributed by atoms with Crippen LogP contribution in [0.2, 0.25) is 0 Å². The number of ether oxygens (including phenoxy) is 1. The van der Waals surface area contributed by atoms with Crippen molar-refractivity contribution in [2.75, 3.05) is 6.54 Å². The zero-order valence-electron chi connectivity index (χ0n) is 13.3. The SMILES string of the molecule is CC[C@H](CNC(=O)[C@@H](C)OC(=O)c1cccs1)c1ccccc1. The maximum absolute atomic E-state index is 12.1. The molecule has 0 spiro atoms. The van der Waals surface area contributed by atoms with E-state index in [1.165, 1.54) is 16.9 Å². The van der Waals surface area contributed by atoms with Crippen LogP contribution in [0.3, 0.4) is 0 Å². The number of carbonyl (C=O) groups excluding carboxylic acids is 2. The molecule has 1 amide bonds. The van der Waals surface area contributed by atoms with Gasteiger partial charge in [-0.3, -0.25) is 4.79 Å². The van der Waals surface area contributed by atoms with E-state index in [2.05, 4.69) is 24.4 Å². The Kier molecular flexibility index (Phi) is 6.35. The lowest BCUT2D eigenvalue weighted by Gasteiger charge is -2.18. The van der Waals surface area contributed by atoms with Gasteiger partial charge in [0.05, 0.1) is 0 Å². The normalized spacial score (nSPS) is 13.1. The molecule has 0 radical (unpaired) electrons. The minimum atomic E-state index is -0.808. The minimum Gasteiger partial charge on any atom is -0.448 e. The summed E-state index contributed by atoms with van der Waals surface area (Å²) >= 11 is 1.30. The van der Waals surface area contributed by atoms with Crippen LogP contribution < -0.4 is 5.32 Å². The molecule has 122 valence electrons. The van der Waals surface area contributed by atoms with Crippen LogP contribution in [0.4, 0.5) is 0 Å². The number of nitrogens with one attached hydrogen (secondary N) is 1. The summed E-state index contributed by atoms with van der Waals surface area (Å²) < 4.78 is 5.19. The summed E-state index contributed by atoms with van der Waals surface area (Å²) in [7, 11) is 0. The number of thiophene rings is 1. The zero-order chi connectivity index (χ0) is 16.7. The average molecular weight is 331 g/mol. The summed E-state index contributed by atoms with van der Waals surface area (Å²) in [6, 6.07) is 13.5. The highest BCUT2D eigenvalue weighted by atomic mass is 32.1.